The van der Waals surface area contributed by atoms with Crippen molar-refractivity contribution in [1.29, 1.82) is 0 Å². The molecule has 0 aromatic heterocycles. The van der Waals surface area contributed by atoms with Crippen molar-refractivity contribution in [1.82, 2.24) is 0 Å². The summed E-state index contributed by atoms with van der Waals surface area (Å²) in [5, 5.41) is 0. The zero-order valence-electron chi connectivity index (χ0n) is 65.5. The molecule has 0 N–H and O–H groups in total. The maximum absolute atomic E-state index is 12.0. The van der Waals surface area contributed by atoms with Crippen LogP contribution in [0.2, 0.25) is 0 Å². The van der Waals surface area contributed by atoms with Gasteiger partial charge in [-0.05, 0) is 111 Å². The Kier molecular flexibility index (Phi) is 71.7. The molecular formula is C92H166N2Ni. The minimum Gasteiger partial charge on any atom is -0.493 e. The van der Waals surface area contributed by atoms with Gasteiger partial charge in [-0.3, -0.25) is 0 Å². The van der Waals surface area contributed by atoms with Gasteiger partial charge in [0.1, 0.15) is 0 Å². The van der Waals surface area contributed by atoms with Crippen LogP contribution in [0.1, 0.15) is 486 Å². The second-order valence-corrected chi connectivity index (χ2v) is 30.0. The van der Waals surface area contributed by atoms with Crippen LogP contribution in [0.4, 0.5) is 0 Å². The van der Waals surface area contributed by atoms with Gasteiger partial charge >= 0.3 is 16.5 Å². The fourth-order valence-corrected chi connectivity index (χ4v) is 14.2. The Morgan fingerprint density at radius 1 is 0.242 bits per heavy atom. The molecule has 1 aliphatic rings. The molecule has 3 rings (SSSR count). The zero-order valence-corrected chi connectivity index (χ0v) is 66.5. The van der Waals surface area contributed by atoms with Crippen LogP contribution in [0.3, 0.4) is 0 Å². The number of hydrogen-bond acceptors (Lipinski definition) is 0. The van der Waals surface area contributed by atoms with Crippen LogP contribution in [0.15, 0.2) is 48.0 Å². The van der Waals surface area contributed by atoms with E-state index in [1.807, 2.05) is 0 Å². The number of rotatable bonds is 67. The summed E-state index contributed by atoms with van der Waals surface area (Å²) in [6, 6.07) is 14.4. The van der Waals surface area contributed by atoms with Crippen molar-refractivity contribution in [2.45, 2.75) is 479 Å². The van der Waals surface area contributed by atoms with Crippen LogP contribution in [-0.4, -0.2) is 4.70 Å². The van der Waals surface area contributed by atoms with Gasteiger partial charge in [-0.15, -0.1) is 0 Å². The first-order chi connectivity index (χ1) is 46.4. The molecule has 1 heterocycles. The minimum atomic E-state index is 0. The molecule has 1 aliphatic heterocycles. The summed E-state index contributed by atoms with van der Waals surface area (Å²) in [7, 11) is 0. The van der Waals surface area contributed by atoms with Crippen molar-refractivity contribution in [3.63, 3.8) is 0 Å². The molecule has 2 aromatic carbocycles. The van der Waals surface area contributed by atoms with E-state index < -0.39 is 0 Å². The van der Waals surface area contributed by atoms with E-state index in [1.54, 1.807) is 4.70 Å². The zero-order chi connectivity index (χ0) is 68.1. The Bertz CT molecular complexity index is 1900. The van der Waals surface area contributed by atoms with Gasteiger partial charge < -0.3 is 19.4 Å². The minimum absolute atomic E-state index is 0. The third-order valence-electron chi connectivity index (χ3n) is 20.5. The first kappa shape index (κ1) is 93.0. The SMILES string of the molecule is CCCCCCCCc1cc(CCCC)cc(C2=CC(CCCC)=C(c3cc(CCCC)cc(CCCCCCCC)c3)[N+]2=[N-])c1.[CH2-]CCCCCCCCCCCCCCCCCCCCCCC.[CH2-]CCCCCCCCCCCCCCCCCCCCCCC.[Ni+2]. The van der Waals surface area contributed by atoms with Crippen molar-refractivity contribution in [3.05, 3.63) is 101 Å². The predicted molar refractivity (Wildman–Crippen MR) is 428 cm³/mol. The molecule has 2 nitrogen and oxygen atoms in total. The molecule has 0 aliphatic carbocycles. The summed E-state index contributed by atoms with van der Waals surface area (Å²) in [6.07, 6.45) is 94.3. The first-order valence-corrected chi connectivity index (χ1v) is 43.2. The average molecular weight is 1360 g/mol. The van der Waals surface area contributed by atoms with Crippen molar-refractivity contribution in [2.75, 3.05) is 0 Å². The van der Waals surface area contributed by atoms with Crippen LogP contribution in [-0.2, 0) is 42.2 Å². The van der Waals surface area contributed by atoms with Gasteiger partial charge in [-0.2, -0.15) is 12.8 Å². The second-order valence-electron chi connectivity index (χ2n) is 30.0. The summed E-state index contributed by atoms with van der Waals surface area (Å²) in [4.78, 5) is 0. The van der Waals surface area contributed by atoms with Crippen LogP contribution in [0.25, 0.3) is 16.9 Å². The van der Waals surface area contributed by atoms with E-state index in [-0.39, 0.29) is 16.5 Å². The molecule has 0 saturated carbocycles. The molecule has 0 unspecified atom stereocenters. The van der Waals surface area contributed by atoms with Crippen molar-refractivity contribution < 1.29 is 21.2 Å². The van der Waals surface area contributed by atoms with Gasteiger partial charge in [-0.25, -0.2) is 4.70 Å². The molecule has 0 radical (unpaired) electrons. The van der Waals surface area contributed by atoms with Crippen molar-refractivity contribution >= 4 is 11.4 Å². The summed E-state index contributed by atoms with van der Waals surface area (Å²) in [6.45, 7) is 23.8. The normalized spacial score (nSPS) is 12.1. The van der Waals surface area contributed by atoms with E-state index in [0.29, 0.717) is 0 Å². The van der Waals surface area contributed by atoms with E-state index in [9.17, 15) is 5.53 Å². The third-order valence-corrected chi connectivity index (χ3v) is 20.5. The van der Waals surface area contributed by atoms with Gasteiger partial charge in [0.25, 0.3) is 0 Å². The Labute approximate surface area is 608 Å². The van der Waals surface area contributed by atoms with Crippen molar-refractivity contribution in [2.24, 2.45) is 0 Å². The monoisotopic (exact) mass is 1360 g/mol. The number of benzene rings is 2. The van der Waals surface area contributed by atoms with Crippen molar-refractivity contribution in [3.8, 4) is 0 Å². The number of unbranched alkanes of at least 4 members (excludes halogenated alkanes) is 55. The standard InChI is InChI=1S/C44H68N2.2C24H49.Ni/c1-6-11-16-18-20-22-26-38-29-36(24-13-8-3)31-41(32-38)43-35-40(28-15-10-5)44(46(43)45)42-33-37(25-14-9-4)30-39(34-42)27-23-21-19-17-12-7-2;2*1-3-5-7-9-11-13-15-17-19-21-23-24-22-20-18-16-14-12-10-8-6-4-2;/h29-35H,6-28H2,1-5H3;2*1,3-24H2,2H3;/q;2*-1;+2. The first-order valence-electron chi connectivity index (χ1n) is 43.2. The Balaban J connectivity index is 0.00000153. The summed E-state index contributed by atoms with van der Waals surface area (Å²) in [5.41, 5.74) is 23.4. The van der Waals surface area contributed by atoms with Gasteiger partial charge in [-0.1, -0.05) is 414 Å². The van der Waals surface area contributed by atoms with Gasteiger partial charge in [0.05, 0.1) is 0 Å². The average Bonchev–Trinajstić information content (AvgIpc) is 1.65. The van der Waals surface area contributed by atoms with Crippen LogP contribution < -0.4 is 0 Å². The summed E-state index contributed by atoms with van der Waals surface area (Å²) in [5.74, 6) is 0. The number of allylic oxidation sites excluding steroid dienone is 2. The van der Waals surface area contributed by atoms with Gasteiger partial charge in [0.15, 0.2) is 0 Å². The van der Waals surface area contributed by atoms with E-state index in [0.717, 1.165) is 69.2 Å². The largest absolute Gasteiger partial charge is 2.00 e. The Hall–Kier alpha value is -1.99. The molecule has 2 aromatic rings. The molecule has 3 heteroatoms. The number of hydrogen-bond donors (Lipinski definition) is 0. The maximum atomic E-state index is 12.0. The molecule has 0 atom stereocenters. The topological polar surface area (TPSA) is 25.3 Å². The van der Waals surface area contributed by atoms with Gasteiger partial charge in [0.2, 0.25) is 11.4 Å². The fourth-order valence-electron chi connectivity index (χ4n) is 14.2. The van der Waals surface area contributed by atoms with E-state index in [2.05, 4.69) is 105 Å². The Morgan fingerprint density at radius 3 is 0.684 bits per heavy atom. The second kappa shape index (κ2) is 73.2. The smallest absolute Gasteiger partial charge is 0.493 e. The number of aryl methyl sites for hydroxylation is 4. The van der Waals surface area contributed by atoms with Crippen LogP contribution >= 0.6 is 0 Å². The molecule has 0 spiro atoms. The molecule has 95 heavy (non-hydrogen) atoms. The van der Waals surface area contributed by atoms with E-state index >= 15 is 0 Å². The van der Waals surface area contributed by atoms with E-state index in [4.69, 9.17) is 0 Å². The van der Waals surface area contributed by atoms with Gasteiger partial charge in [0, 0.05) is 22.8 Å². The quantitative estimate of drug-likeness (QED) is 0.0273. The van der Waals surface area contributed by atoms with E-state index in [1.165, 1.54) is 411 Å². The molecule has 0 bridgehead atoms. The molecule has 0 fully saturated rings. The Morgan fingerprint density at radius 2 is 0.442 bits per heavy atom. The van der Waals surface area contributed by atoms with Crippen LogP contribution in [0, 0.1) is 13.8 Å². The predicted octanol–water partition coefficient (Wildman–Crippen LogP) is 33.0. The molecular weight excluding hydrogens is 1190 g/mol. The maximum Gasteiger partial charge on any atom is 2.00 e. The molecule has 0 saturated heterocycles. The fraction of sp³-hybridized carbons (Fsp3) is 0.804. The molecule has 554 valence electrons. The third kappa shape index (κ3) is 55.4. The summed E-state index contributed by atoms with van der Waals surface area (Å²) < 4.78 is 1.56. The molecule has 0 amide bonds. The van der Waals surface area contributed by atoms with Crippen LogP contribution in [0.5, 0.6) is 0 Å². The number of nitrogens with zero attached hydrogens (tertiary/aromatic N) is 2. The summed E-state index contributed by atoms with van der Waals surface area (Å²) >= 11 is 0.